The second kappa shape index (κ2) is 4.05. The highest BCUT2D eigenvalue weighted by molar-refractivity contribution is 8.01. The van der Waals surface area contributed by atoms with E-state index in [0.717, 1.165) is 36.3 Å². The molecule has 0 bridgehead atoms. The Labute approximate surface area is 106 Å². The fourth-order valence-electron chi connectivity index (χ4n) is 2.64. The number of carbonyl (C=O) groups is 1. The molecule has 3 rings (SSSR count). The monoisotopic (exact) mass is 248 g/mol. The minimum Gasteiger partial charge on any atom is -0.492 e. The lowest BCUT2D eigenvalue weighted by Gasteiger charge is -2.21. The van der Waals surface area contributed by atoms with Crippen molar-refractivity contribution in [2.45, 2.75) is 30.9 Å². The van der Waals surface area contributed by atoms with Gasteiger partial charge in [-0.25, -0.2) is 0 Å². The van der Waals surface area contributed by atoms with Gasteiger partial charge in [0.25, 0.3) is 0 Å². The van der Waals surface area contributed by atoms with Crippen molar-refractivity contribution in [1.29, 1.82) is 0 Å². The van der Waals surface area contributed by atoms with Crippen molar-refractivity contribution in [3.05, 3.63) is 29.3 Å². The van der Waals surface area contributed by atoms with E-state index in [2.05, 4.69) is 13.0 Å². The van der Waals surface area contributed by atoms with Gasteiger partial charge in [-0.3, -0.25) is 4.79 Å². The summed E-state index contributed by atoms with van der Waals surface area (Å²) in [5.74, 6) is 2.18. The summed E-state index contributed by atoms with van der Waals surface area (Å²) in [6, 6.07) is 5.95. The van der Waals surface area contributed by atoms with E-state index in [4.69, 9.17) is 4.74 Å². The van der Waals surface area contributed by atoms with Gasteiger partial charge in [-0.15, -0.1) is 11.8 Å². The number of fused-ring (bicyclic) bond motifs is 1. The fraction of sp³-hybridized carbons (Fsp3) is 0.500. The van der Waals surface area contributed by atoms with Gasteiger partial charge in [0, 0.05) is 6.42 Å². The van der Waals surface area contributed by atoms with Crippen LogP contribution in [0.25, 0.3) is 0 Å². The maximum absolute atomic E-state index is 12.6. The van der Waals surface area contributed by atoms with Crippen LogP contribution in [0.3, 0.4) is 0 Å². The van der Waals surface area contributed by atoms with E-state index in [1.165, 1.54) is 5.56 Å². The molecule has 2 nitrogen and oxygen atoms in total. The molecule has 1 aromatic rings. The molecular formula is C14H16O2S. The van der Waals surface area contributed by atoms with Gasteiger partial charge in [-0.2, -0.15) is 0 Å². The van der Waals surface area contributed by atoms with Crippen LogP contribution in [0.2, 0.25) is 0 Å². The number of carbonyl (C=O) groups excluding carboxylic acids is 1. The number of hydrogen-bond donors (Lipinski definition) is 0. The van der Waals surface area contributed by atoms with Crippen LogP contribution in [0.15, 0.2) is 18.2 Å². The summed E-state index contributed by atoms with van der Waals surface area (Å²) in [7, 11) is 0. The van der Waals surface area contributed by atoms with Gasteiger partial charge in [0.1, 0.15) is 5.75 Å². The maximum Gasteiger partial charge on any atom is 0.182 e. The van der Waals surface area contributed by atoms with Gasteiger partial charge >= 0.3 is 0 Å². The van der Waals surface area contributed by atoms with Crippen molar-refractivity contribution in [2.75, 3.05) is 12.4 Å². The van der Waals surface area contributed by atoms with E-state index in [1.54, 1.807) is 11.8 Å². The van der Waals surface area contributed by atoms with Gasteiger partial charge in [0.15, 0.2) is 5.78 Å². The minimum absolute atomic E-state index is 0.235. The zero-order valence-corrected chi connectivity index (χ0v) is 10.8. The van der Waals surface area contributed by atoms with Crippen molar-refractivity contribution in [3.63, 3.8) is 0 Å². The van der Waals surface area contributed by atoms with Crippen molar-refractivity contribution in [2.24, 2.45) is 0 Å². The average molecular weight is 248 g/mol. The Morgan fingerprint density at radius 3 is 3.12 bits per heavy atom. The maximum atomic E-state index is 12.6. The summed E-state index contributed by atoms with van der Waals surface area (Å²) < 4.78 is 5.39. The van der Waals surface area contributed by atoms with Crippen molar-refractivity contribution >= 4 is 17.5 Å². The molecule has 1 aromatic carbocycles. The first-order chi connectivity index (χ1) is 8.21. The quantitative estimate of drug-likeness (QED) is 0.752. The number of Topliss-reactive ketones (excluding diaryl/α,β-unsaturated/α-hetero) is 1. The Kier molecular flexibility index (Phi) is 2.66. The van der Waals surface area contributed by atoms with Crippen LogP contribution in [0, 0.1) is 0 Å². The fourth-order valence-corrected chi connectivity index (χ4v) is 3.91. The molecule has 0 N–H and O–H groups in total. The van der Waals surface area contributed by atoms with Crippen LogP contribution >= 0.6 is 11.8 Å². The smallest absolute Gasteiger partial charge is 0.182 e. The first-order valence-electron chi connectivity index (χ1n) is 6.14. The van der Waals surface area contributed by atoms with Gasteiger partial charge in [0.05, 0.1) is 16.9 Å². The topological polar surface area (TPSA) is 26.3 Å². The van der Waals surface area contributed by atoms with Gasteiger partial charge in [-0.05, 0) is 37.1 Å². The third-order valence-electron chi connectivity index (χ3n) is 3.66. The van der Waals surface area contributed by atoms with Crippen LogP contribution in [-0.2, 0) is 6.42 Å². The molecule has 3 heteroatoms. The Hall–Kier alpha value is -0.960. The second-order valence-corrected chi connectivity index (χ2v) is 6.50. The lowest BCUT2D eigenvalue weighted by molar-refractivity contribution is 0.0946. The molecule has 0 spiro atoms. The molecule has 1 fully saturated rings. The van der Waals surface area contributed by atoms with E-state index in [-0.39, 0.29) is 10.5 Å². The predicted molar refractivity (Wildman–Crippen MR) is 70.1 cm³/mol. The largest absolute Gasteiger partial charge is 0.492 e. The zero-order valence-electron chi connectivity index (χ0n) is 9.99. The lowest BCUT2D eigenvalue weighted by Crippen LogP contribution is -2.29. The highest BCUT2D eigenvalue weighted by atomic mass is 32.2. The number of para-hydroxylation sites is 1. The zero-order chi connectivity index (χ0) is 11.9. The van der Waals surface area contributed by atoms with E-state index in [1.807, 2.05) is 12.1 Å². The molecule has 0 radical (unpaired) electrons. The van der Waals surface area contributed by atoms with Gasteiger partial charge in [0.2, 0.25) is 0 Å². The molecule has 90 valence electrons. The molecule has 0 amide bonds. The highest BCUT2D eigenvalue weighted by Crippen LogP contribution is 2.42. The van der Waals surface area contributed by atoms with Crippen LogP contribution in [0.5, 0.6) is 5.75 Å². The third kappa shape index (κ3) is 1.77. The number of rotatable bonds is 2. The molecule has 1 unspecified atom stereocenters. The minimum atomic E-state index is -0.235. The number of ether oxygens (including phenoxy) is 1. The number of hydrogen-bond acceptors (Lipinski definition) is 3. The Morgan fingerprint density at radius 1 is 1.47 bits per heavy atom. The summed E-state index contributed by atoms with van der Waals surface area (Å²) in [5.41, 5.74) is 1.97. The summed E-state index contributed by atoms with van der Waals surface area (Å²) in [5, 5.41) is 0. The molecule has 0 aromatic heterocycles. The predicted octanol–water partition coefficient (Wildman–Crippen LogP) is 3.09. The van der Waals surface area contributed by atoms with Crippen LogP contribution < -0.4 is 4.74 Å². The Bertz CT molecular complexity index is 461. The number of ketones is 1. The van der Waals surface area contributed by atoms with Gasteiger partial charge in [-0.1, -0.05) is 12.1 Å². The lowest BCUT2D eigenvalue weighted by atomic mass is 9.93. The Balaban J connectivity index is 1.99. The van der Waals surface area contributed by atoms with Gasteiger partial charge < -0.3 is 4.74 Å². The SMILES string of the molecule is CC1(C(=O)c2cccc3c2OCC3)CCCS1. The number of benzene rings is 1. The molecule has 1 atom stereocenters. The van der Waals surface area contributed by atoms with Crippen LogP contribution in [0.1, 0.15) is 35.7 Å². The summed E-state index contributed by atoms with van der Waals surface area (Å²) in [6.45, 7) is 2.78. The molecule has 2 aliphatic rings. The van der Waals surface area contributed by atoms with E-state index < -0.39 is 0 Å². The van der Waals surface area contributed by atoms with Crippen LogP contribution in [0.4, 0.5) is 0 Å². The van der Waals surface area contributed by atoms with E-state index in [9.17, 15) is 4.79 Å². The first kappa shape index (κ1) is 11.1. The van der Waals surface area contributed by atoms with Crippen molar-refractivity contribution in [3.8, 4) is 5.75 Å². The average Bonchev–Trinajstić information content (AvgIpc) is 2.96. The standard InChI is InChI=1S/C14H16O2S/c1-14(7-3-9-17-14)13(15)11-5-2-4-10-6-8-16-12(10)11/h2,4-5H,3,6-9H2,1H3. The molecule has 2 aliphatic heterocycles. The molecule has 17 heavy (non-hydrogen) atoms. The highest BCUT2D eigenvalue weighted by Gasteiger charge is 2.39. The number of thioether (sulfide) groups is 1. The molecule has 2 heterocycles. The van der Waals surface area contributed by atoms with Crippen molar-refractivity contribution < 1.29 is 9.53 Å². The summed E-state index contributed by atoms with van der Waals surface area (Å²) in [4.78, 5) is 12.6. The molecule has 0 saturated carbocycles. The molecular weight excluding hydrogens is 232 g/mol. The first-order valence-corrected chi connectivity index (χ1v) is 7.13. The second-order valence-electron chi connectivity index (χ2n) is 4.90. The molecule has 1 saturated heterocycles. The molecule has 0 aliphatic carbocycles. The normalized spacial score (nSPS) is 26.6. The van der Waals surface area contributed by atoms with Crippen molar-refractivity contribution in [1.82, 2.24) is 0 Å². The third-order valence-corrected chi connectivity index (χ3v) is 5.18. The van der Waals surface area contributed by atoms with Crippen LogP contribution in [-0.4, -0.2) is 22.9 Å². The summed E-state index contributed by atoms with van der Waals surface area (Å²) >= 11 is 1.79. The van der Waals surface area contributed by atoms with E-state index >= 15 is 0 Å². The Morgan fingerprint density at radius 2 is 2.35 bits per heavy atom. The van der Waals surface area contributed by atoms with E-state index in [0.29, 0.717) is 6.61 Å². The summed E-state index contributed by atoms with van der Waals surface area (Å²) in [6.07, 6.45) is 3.06.